The number of carbonyl (C=O) groups is 1. The number of carbonyl (C=O) groups excluding carboxylic acids is 1. The highest BCUT2D eigenvalue weighted by molar-refractivity contribution is 5.81. The number of anilines is 1. The van der Waals surface area contributed by atoms with E-state index in [1.165, 1.54) is 11.1 Å². The summed E-state index contributed by atoms with van der Waals surface area (Å²) in [6, 6.07) is 8.19. The number of fused-ring (bicyclic) bond motifs is 1. The molecule has 1 N–H and O–H groups in total. The van der Waals surface area contributed by atoms with Crippen molar-refractivity contribution >= 4 is 11.9 Å². The van der Waals surface area contributed by atoms with Gasteiger partial charge in [0.1, 0.15) is 0 Å². The first-order valence-electron chi connectivity index (χ1n) is 10.3. The van der Waals surface area contributed by atoms with E-state index in [1.54, 1.807) is 19.4 Å². The lowest BCUT2D eigenvalue weighted by atomic mass is 9.89. The summed E-state index contributed by atoms with van der Waals surface area (Å²) < 4.78 is 5.21. The Morgan fingerprint density at radius 2 is 2.03 bits per heavy atom. The molecule has 1 saturated carbocycles. The van der Waals surface area contributed by atoms with Gasteiger partial charge in [0.2, 0.25) is 17.7 Å². The van der Waals surface area contributed by atoms with Crippen LogP contribution < -0.4 is 15.0 Å². The van der Waals surface area contributed by atoms with Gasteiger partial charge in [0.05, 0.1) is 7.11 Å². The molecule has 1 amide bonds. The summed E-state index contributed by atoms with van der Waals surface area (Å²) in [5.41, 5.74) is 3.97. The van der Waals surface area contributed by atoms with Crippen molar-refractivity contribution in [3.8, 4) is 5.88 Å². The van der Waals surface area contributed by atoms with E-state index in [0.717, 1.165) is 31.5 Å². The van der Waals surface area contributed by atoms with Crippen LogP contribution in [-0.2, 0) is 24.4 Å². The van der Waals surface area contributed by atoms with Gasteiger partial charge >= 0.3 is 0 Å². The van der Waals surface area contributed by atoms with Crippen LogP contribution in [0, 0.1) is 17.3 Å². The van der Waals surface area contributed by atoms with Gasteiger partial charge in [0.25, 0.3) is 0 Å². The van der Waals surface area contributed by atoms with Crippen molar-refractivity contribution in [2.45, 2.75) is 53.2 Å². The number of aromatic nitrogens is 2. The van der Waals surface area contributed by atoms with Crippen LogP contribution in [0.3, 0.4) is 0 Å². The molecule has 6 nitrogen and oxygen atoms in total. The normalized spacial score (nSPS) is 20.3. The van der Waals surface area contributed by atoms with E-state index >= 15 is 0 Å². The molecule has 1 aromatic heterocycles. The maximum atomic E-state index is 12.5. The number of hydrogen-bond donors (Lipinski definition) is 1. The molecular weight excluding hydrogens is 364 g/mol. The van der Waals surface area contributed by atoms with Crippen molar-refractivity contribution in [3.63, 3.8) is 0 Å². The van der Waals surface area contributed by atoms with Crippen molar-refractivity contribution in [2.75, 3.05) is 12.0 Å². The number of nitrogens with zero attached hydrogens (tertiary/aromatic N) is 3. The Balaban J connectivity index is 1.33. The predicted molar refractivity (Wildman–Crippen MR) is 112 cm³/mol. The van der Waals surface area contributed by atoms with Gasteiger partial charge in [-0.15, -0.1) is 0 Å². The van der Waals surface area contributed by atoms with E-state index < -0.39 is 0 Å². The molecule has 29 heavy (non-hydrogen) atoms. The number of rotatable bonds is 6. The minimum absolute atomic E-state index is 0.198. The number of nitrogens with one attached hydrogen (secondary N) is 1. The Labute approximate surface area is 172 Å². The van der Waals surface area contributed by atoms with Gasteiger partial charge in [-0.1, -0.05) is 39.0 Å². The van der Waals surface area contributed by atoms with Crippen LogP contribution in [0.5, 0.6) is 5.88 Å². The molecule has 1 fully saturated rings. The Morgan fingerprint density at radius 1 is 1.24 bits per heavy atom. The van der Waals surface area contributed by atoms with E-state index in [9.17, 15) is 4.79 Å². The second kappa shape index (κ2) is 7.65. The summed E-state index contributed by atoms with van der Waals surface area (Å²) in [6.07, 6.45) is 3.87. The number of hydrogen-bond acceptors (Lipinski definition) is 5. The molecule has 6 heteroatoms. The highest BCUT2D eigenvalue weighted by atomic mass is 16.5. The molecule has 2 aromatic rings. The maximum Gasteiger partial charge on any atom is 0.229 e. The van der Waals surface area contributed by atoms with E-state index in [2.05, 4.69) is 59.2 Å². The van der Waals surface area contributed by atoms with Gasteiger partial charge in [-0.3, -0.25) is 4.79 Å². The average molecular weight is 395 g/mol. The average Bonchev–Trinajstić information content (AvgIpc) is 3.30. The van der Waals surface area contributed by atoms with E-state index in [1.807, 2.05) is 0 Å². The lowest BCUT2D eigenvalue weighted by Crippen LogP contribution is -2.25. The molecule has 154 valence electrons. The summed E-state index contributed by atoms with van der Waals surface area (Å²) in [6.45, 7) is 8.85. The van der Waals surface area contributed by atoms with Crippen LogP contribution in [0.15, 0.2) is 30.5 Å². The number of methoxy groups -OCH3 is 1. The molecule has 2 aliphatic rings. The minimum Gasteiger partial charge on any atom is -0.481 e. The molecular formula is C23H30N4O2. The molecule has 0 bridgehead atoms. The van der Waals surface area contributed by atoms with Crippen LogP contribution in [0.25, 0.3) is 0 Å². The van der Waals surface area contributed by atoms with Crippen LogP contribution in [-0.4, -0.2) is 23.0 Å². The van der Waals surface area contributed by atoms with E-state index in [-0.39, 0.29) is 17.2 Å². The van der Waals surface area contributed by atoms with Crippen LogP contribution in [0.2, 0.25) is 0 Å². The van der Waals surface area contributed by atoms with Crippen molar-refractivity contribution in [2.24, 2.45) is 17.3 Å². The summed E-state index contributed by atoms with van der Waals surface area (Å²) in [7, 11) is 1.61. The molecule has 4 rings (SSSR count). The fourth-order valence-electron chi connectivity index (χ4n) is 4.20. The molecule has 1 aliphatic carbocycles. The van der Waals surface area contributed by atoms with E-state index in [0.29, 0.717) is 24.3 Å². The smallest absolute Gasteiger partial charge is 0.229 e. The quantitative estimate of drug-likeness (QED) is 0.809. The third-order valence-electron chi connectivity index (χ3n) is 5.70. The van der Waals surface area contributed by atoms with Crippen molar-refractivity contribution in [1.82, 2.24) is 15.3 Å². The second-order valence-electron chi connectivity index (χ2n) is 9.44. The van der Waals surface area contributed by atoms with E-state index in [4.69, 9.17) is 4.74 Å². The Morgan fingerprint density at radius 3 is 2.79 bits per heavy atom. The first-order chi connectivity index (χ1) is 13.8. The lowest BCUT2D eigenvalue weighted by Gasteiger charge is -2.17. The Hall–Kier alpha value is -2.63. The van der Waals surface area contributed by atoms with Crippen molar-refractivity contribution in [1.29, 1.82) is 0 Å². The first-order valence-corrected chi connectivity index (χ1v) is 10.3. The minimum atomic E-state index is 0.198. The predicted octanol–water partition coefficient (Wildman–Crippen LogP) is 3.69. The molecule has 0 radical (unpaired) electrons. The van der Waals surface area contributed by atoms with Gasteiger partial charge in [-0.2, -0.15) is 4.98 Å². The van der Waals surface area contributed by atoms with Crippen LogP contribution in [0.1, 0.15) is 50.3 Å². The standard InChI is InChI=1S/C23H30N4O2/c1-23(2,3)11-17-10-19(17)21(28)25-12-15-5-6-16-13-27(14-18(16)9-15)22-24-8-7-20(26-22)29-4/h5-9,17,19H,10-14H2,1-4H3,(H,25,28)/t17-,19+/m0/s1. The SMILES string of the molecule is COc1ccnc(N2Cc3ccc(CNC(=O)[C@@H]4C[C@H]4CC(C)(C)C)cc3C2)n1. The summed E-state index contributed by atoms with van der Waals surface area (Å²) in [5, 5.41) is 3.13. The molecule has 2 heterocycles. The van der Waals surface area contributed by atoms with Gasteiger partial charge in [-0.05, 0) is 40.9 Å². The summed E-state index contributed by atoms with van der Waals surface area (Å²) >= 11 is 0. The largest absolute Gasteiger partial charge is 0.481 e. The molecule has 1 aromatic carbocycles. The zero-order valence-electron chi connectivity index (χ0n) is 17.7. The fourth-order valence-corrected chi connectivity index (χ4v) is 4.20. The first kappa shape index (κ1) is 19.7. The molecule has 0 unspecified atom stereocenters. The fraction of sp³-hybridized carbons (Fsp3) is 0.522. The van der Waals surface area contributed by atoms with Gasteiger partial charge in [0, 0.05) is 37.8 Å². The van der Waals surface area contributed by atoms with Crippen molar-refractivity contribution < 1.29 is 9.53 Å². The topological polar surface area (TPSA) is 67.3 Å². The second-order valence-corrected chi connectivity index (χ2v) is 9.44. The van der Waals surface area contributed by atoms with Gasteiger partial charge < -0.3 is 15.0 Å². The van der Waals surface area contributed by atoms with Gasteiger partial charge in [0.15, 0.2) is 0 Å². The van der Waals surface area contributed by atoms with Crippen LogP contribution >= 0.6 is 0 Å². The monoisotopic (exact) mass is 394 g/mol. The third-order valence-corrected chi connectivity index (χ3v) is 5.70. The highest BCUT2D eigenvalue weighted by Crippen LogP contribution is 2.46. The summed E-state index contributed by atoms with van der Waals surface area (Å²) in [4.78, 5) is 23.4. The zero-order valence-corrected chi connectivity index (χ0v) is 17.7. The Kier molecular flexibility index (Phi) is 5.19. The lowest BCUT2D eigenvalue weighted by molar-refractivity contribution is -0.122. The number of amides is 1. The third kappa shape index (κ3) is 4.69. The number of ether oxygens (including phenoxy) is 1. The van der Waals surface area contributed by atoms with Gasteiger partial charge in [-0.25, -0.2) is 4.98 Å². The molecule has 0 spiro atoms. The molecule has 0 saturated heterocycles. The van der Waals surface area contributed by atoms with Crippen LogP contribution in [0.4, 0.5) is 5.95 Å². The molecule has 1 aliphatic heterocycles. The maximum absolute atomic E-state index is 12.5. The zero-order chi connectivity index (χ0) is 20.6. The van der Waals surface area contributed by atoms with Crippen molar-refractivity contribution in [3.05, 3.63) is 47.2 Å². The number of benzene rings is 1. The Bertz CT molecular complexity index is 906. The summed E-state index contributed by atoms with van der Waals surface area (Å²) in [5.74, 6) is 2.19. The highest BCUT2D eigenvalue weighted by Gasteiger charge is 2.44. The molecule has 2 atom stereocenters.